The van der Waals surface area contributed by atoms with E-state index in [1.54, 1.807) is 4.90 Å². The first-order chi connectivity index (χ1) is 7.83. The number of halogens is 1. The number of rotatable bonds is 1. The van der Waals surface area contributed by atoms with Gasteiger partial charge in [0.05, 0.1) is 0 Å². The Morgan fingerprint density at radius 3 is 2.41 bits per heavy atom. The van der Waals surface area contributed by atoms with Gasteiger partial charge in [0, 0.05) is 19.0 Å². The first kappa shape index (κ1) is 13.8. The van der Waals surface area contributed by atoms with Gasteiger partial charge in [-0.25, -0.2) is 9.18 Å². The fraction of sp³-hybridized carbons (Fsp3) is 0.769. The van der Waals surface area contributed by atoms with Crippen LogP contribution >= 0.6 is 0 Å². The van der Waals surface area contributed by atoms with E-state index in [4.69, 9.17) is 11.2 Å². The molecule has 4 heteroatoms. The predicted octanol–water partition coefficient (Wildman–Crippen LogP) is 2.60. The second-order valence-electron chi connectivity index (χ2n) is 5.37. The molecule has 0 radical (unpaired) electrons. The fourth-order valence-corrected chi connectivity index (χ4v) is 1.84. The van der Waals surface area contributed by atoms with Crippen molar-refractivity contribution in [1.29, 1.82) is 0 Å². The number of carbonyl (C=O) groups is 1. The molecule has 1 atom stereocenters. The topological polar surface area (TPSA) is 29.5 Å². The molecule has 0 aliphatic carbocycles. The smallest absolute Gasteiger partial charge is 0.410 e. The maximum absolute atomic E-state index is 13.2. The van der Waals surface area contributed by atoms with Crippen LogP contribution in [-0.4, -0.2) is 35.9 Å². The minimum atomic E-state index is -1.20. The van der Waals surface area contributed by atoms with Crippen molar-refractivity contribution in [1.82, 2.24) is 4.90 Å². The van der Waals surface area contributed by atoms with Crippen molar-refractivity contribution in [2.75, 3.05) is 13.1 Å². The van der Waals surface area contributed by atoms with Crippen molar-refractivity contribution in [2.45, 2.75) is 45.4 Å². The van der Waals surface area contributed by atoms with Gasteiger partial charge in [-0.05, 0) is 33.6 Å². The first-order valence-electron chi connectivity index (χ1n) is 5.91. The number of amides is 1. The molecule has 1 amide bonds. The summed E-state index contributed by atoms with van der Waals surface area (Å²) in [5, 5.41) is 0. The lowest BCUT2D eigenvalue weighted by Crippen LogP contribution is -2.43. The minimum absolute atomic E-state index is 0.126. The van der Waals surface area contributed by atoms with Crippen LogP contribution in [0.25, 0.3) is 0 Å². The van der Waals surface area contributed by atoms with Crippen LogP contribution in [0.2, 0.25) is 0 Å². The standard InChI is InChI=1S/C13H20FNO2/c1-5-11(14)10-6-8-15(9-7-10)12(16)17-13(2,3)4/h1,10-11H,6-9H2,2-4H3. The second kappa shape index (κ2) is 5.39. The quantitative estimate of drug-likeness (QED) is 0.660. The summed E-state index contributed by atoms with van der Waals surface area (Å²) in [6.07, 6.45) is 4.73. The molecule has 1 aliphatic heterocycles. The zero-order chi connectivity index (χ0) is 13.1. The number of terminal acetylenes is 1. The zero-order valence-corrected chi connectivity index (χ0v) is 10.7. The molecule has 0 aromatic rings. The number of piperidine rings is 1. The number of alkyl halides is 1. The molecule has 0 spiro atoms. The van der Waals surface area contributed by atoms with Crippen LogP contribution in [0.4, 0.5) is 9.18 Å². The molecule has 17 heavy (non-hydrogen) atoms. The Bertz CT molecular complexity index is 308. The molecular weight excluding hydrogens is 221 g/mol. The number of hydrogen-bond donors (Lipinski definition) is 0. The third-order valence-corrected chi connectivity index (χ3v) is 2.76. The van der Waals surface area contributed by atoms with Crippen molar-refractivity contribution in [2.24, 2.45) is 5.92 Å². The van der Waals surface area contributed by atoms with Crippen LogP contribution < -0.4 is 0 Å². The van der Waals surface area contributed by atoms with Crippen molar-refractivity contribution in [3.05, 3.63) is 0 Å². The van der Waals surface area contributed by atoms with E-state index in [-0.39, 0.29) is 12.0 Å². The molecule has 0 N–H and O–H groups in total. The van der Waals surface area contributed by atoms with E-state index < -0.39 is 11.8 Å². The number of hydrogen-bond acceptors (Lipinski definition) is 2. The van der Waals surface area contributed by atoms with Crippen LogP contribution in [0.15, 0.2) is 0 Å². The van der Waals surface area contributed by atoms with Gasteiger partial charge < -0.3 is 9.64 Å². The van der Waals surface area contributed by atoms with E-state index >= 15 is 0 Å². The molecular formula is C13H20FNO2. The van der Waals surface area contributed by atoms with Gasteiger partial charge in [0.1, 0.15) is 5.60 Å². The molecule has 1 saturated heterocycles. The summed E-state index contributed by atoms with van der Waals surface area (Å²) < 4.78 is 18.5. The largest absolute Gasteiger partial charge is 0.444 e. The Hall–Kier alpha value is -1.24. The van der Waals surface area contributed by atoms with E-state index in [2.05, 4.69) is 5.92 Å². The lowest BCUT2D eigenvalue weighted by molar-refractivity contribution is 0.0161. The maximum Gasteiger partial charge on any atom is 0.410 e. The highest BCUT2D eigenvalue weighted by atomic mass is 19.1. The van der Waals surface area contributed by atoms with Gasteiger partial charge in [0.2, 0.25) is 0 Å². The van der Waals surface area contributed by atoms with Gasteiger partial charge in [-0.15, -0.1) is 6.42 Å². The van der Waals surface area contributed by atoms with E-state index in [9.17, 15) is 9.18 Å². The van der Waals surface area contributed by atoms with Gasteiger partial charge in [0.15, 0.2) is 6.17 Å². The Morgan fingerprint density at radius 1 is 1.47 bits per heavy atom. The summed E-state index contributed by atoms with van der Waals surface area (Å²) >= 11 is 0. The van der Waals surface area contributed by atoms with Gasteiger partial charge >= 0.3 is 6.09 Å². The van der Waals surface area contributed by atoms with E-state index in [0.717, 1.165) is 0 Å². The molecule has 0 aromatic carbocycles. The highest BCUT2D eigenvalue weighted by Gasteiger charge is 2.29. The lowest BCUT2D eigenvalue weighted by Gasteiger charge is -2.33. The molecule has 0 aromatic heterocycles. The van der Waals surface area contributed by atoms with Crippen LogP contribution in [0, 0.1) is 18.3 Å². The monoisotopic (exact) mass is 241 g/mol. The molecule has 0 bridgehead atoms. The van der Waals surface area contributed by atoms with Gasteiger partial charge in [0.25, 0.3) is 0 Å². The van der Waals surface area contributed by atoms with Crippen molar-refractivity contribution < 1.29 is 13.9 Å². The molecule has 1 heterocycles. The molecule has 1 rings (SSSR count). The molecule has 1 aliphatic rings. The van der Waals surface area contributed by atoms with E-state index in [1.807, 2.05) is 20.8 Å². The van der Waals surface area contributed by atoms with Crippen LogP contribution in [0.5, 0.6) is 0 Å². The van der Waals surface area contributed by atoms with Crippen molar-refractivity contribution in [3.63, 3.8) is 0 Å². The third-order valence-electron chi connectivity index (χ3n) is 2.76. The average Bonchev–Trinajstić information content (AvgIpc) is 2.26. The highest BCUT2D eigenvalue weighted by molar-refractivity contribution is 5.68. The molecule has 96 valence electrons. The fourth-order valence-electron chi connectivity index (χ4n) is 1.84. The van der Waals surface area contributed by atoms with Crippen LogP contribution in [0.3, 0.4) is 0 Å². The van der Waals surface area contributed by atoms with Gasteiger partial charge in [-0.3, -0.25) is 0 Å². The lowest BCUT2D eigenvalue weighted by atomic mass is 9.93. The zero-order valence-electron chi connectivity index (χ0n) is 10.7. The summed E-state index contributed by atoms with van der Waals surface area (Å²) in [5.74, 6) is 1.99. The Balaban J connectivity index is 2.42. The molecule has 1 fully saturated rings. The van der Waals surface area contributed by atoms with Crippen LogP contribution in [0.1, 0.15) is 33.6 Å². The van der Waals surface area contributed by atoms with Crippen LogP contribution in [-0.2, 0) is 4.74 Å². The normalized spacial score (nSPS) is 19.6. The molecule has 0 saturated carbocycles. The summed E-state index contributed by atoms with van der Waals surface area (Å²) in [4.78, 5) is 13.3. The number of likely N-dealkylation sites (tertiary alicyclic amines) is 1. The van der Waals surface area contributed by atoms with Gasteiger partial charge in [-0.1, -0.05) is 5.92 Å². The number of carbonyl (C=O) groups excluding carboxylic acids is 1. The summed E-state index contributed by atoms with van der Waals surface area (Å²) in [6, 6.07) is 0. The third kappa shape index (κ3) is 4.26. The van der Waals surface area contributed by atoms with Crippen molar-refractivity contribution in [3.8, 4) is 12.3 Å². The number of ether oxygens (including phenoxy) is 1. The summed E-state index contributed by atoms with van der Waals surface area (Å²) in [7, 11) is 0. The summed E-state index contributed by atoms with van der Waals surface area (Å²) in [5.41, 5.74) is -0.491. The Morgan fingerprint density at radius 2 is 2.00 bits per heavy atom. The average molecular weight is 241 g/mol. The van der Waals surface area contributed by atoms with E-state index in [1.165, 1.54) is 0 Å². The molecule has 3 nitrogen and oxygen atoms in total. The number of nitrogens with zero attached hydrogens (tertiary/aromatic N) is 1. The predicted molar refractivity (Wildman–Crippen MR) is 64.3 cm³/mol. The van der Waals surface area contributed by atoms with Crippen molar-refractivity contribution >= 4 is 6.09 Å². The first-order valence-corrected chi connectivity index (χ1v) is 5.91. The summed E-state index contributed by atoms with van der Waals surface area (Å²) in [6.45, 7) is 6.51. The second-order valence-corrected chi connectivity index (χ2v) is 5.37. The highest BCUT2D eigenvalue weighted by Crippen LogP contribution is 2.23. The van der Waals surface area contributed by atoms with E-state index in [0.29, 0.717) is 25.9 Å². The maximum atomic E-state index is 13.2. The Labute approximate surface area is 102 Å². The Kier molecular flexibility index (Phi) is 4.39. The SMILES string of the molecule is C#CC(F)C1CCN(C(=O)OC(C)(C)C)CC1. The van der Waals surface area contributed by atoms with Gasteiger partial charge in [-0.2, -0.15) is 0 Å². The molecule has 1 unspecified atom stereocenters. The minimum Gasteiger partial charge on any atom is -0.444 e.